The van der Waals surface area contributed by atoms with Gasteiger partial charge in [0.15, 0.2) is 0 Å². The van der Waals surface area contributed by atoms with Crippen LogP contribution in [0.15, 0.2) is 6.33 Å². The van der Waals surface area contributed by atoms with E-state index in [-0.39, 0.29) is 11.9 Å². The van der Waals surface area contributed by atoms with Crippen molar-refractivity contribution < 1.29 is 4.79 Å². The van der Waals surface area contributed by atoms with Gasteiger partial charge in [-0.1, -0.05) is 13.3 Å². The van der Waals surface area contributed by atoms with Crippen LogP contribution in [0, 0.1) is 5.92 Å². The number of hydrogen-bond donors (Lipinski definition) is 2. The van der Waals surface area contributed by atoms with Gasteiger partial charge in [-0.2, -0.15) is 0 Å². The van der Waals surface area contributed by atoms with Gasteiger partial charge < -0.3 is 9.88 Å². The van der Waals surface area contributed by atoms with E-state index in [4.69, 9.17) is 0 Å². The maximum Gasteiger partial charge on any atom is 0.240 e. The number of H-pyrrole nitrogens is 1. The number of likely N-dealkylation sites (tertiary alicyclic amines) is 1. The summed E-state index contributed by atoms with van der Waals surface area (Å²) in [7, 11) is 0. The predicted octanol–water partition coefficient (Wildman–Crippen LogP) is 1.07. The normalized spacial score (nSPS) is 26.5. The molecule has 5 heteroatoms. The Labute approximate surface area is 113 Å². The number of aromatic nitrogens is 2. The van der Waals surface area contributed by atoms with Crippen LogP contribution in [-0.2, 0) is 17.8 Å². The number of amides is 1. The highest BCUT2D eigenvalue weighted by molar-refractivity contribution is 5.82. The molecule has 0 aromatic carbocycles. The van der Waals surface area contributed by atoms with Gasteiger partial charge in [-0.25, -0.2) is 4.98 Å². The summed E-state index contributed by atoms with van der Waals surface area (Å²) in [6.45, 7) is 4.80. The van der Waals surface area contributed by atoms with Crippen LogP contribution in [-0.4, -0.2) is 39.9 Å². The average molecular weight is 262 g/mol. The quantitative estimate of drug-likeness (QED) is 0.856. The lowest BCUT2D eigenvalue weighted by Gasteiger charge is -2.27. The lowest BCUT2D eigenvalue weighted by molar-refractivity contribution is -0.132. The summed E-state index contributed by atoms with van der Waals surface area (Å²) in [6, 6.07) is -0.0869. The molecule has 3 rings (SSSR count). The topological polar surface area (TPSA) is 61.0 Å². The van der Waals surface area contributed by atoms with Crippen LogP contribution in [0.4, 0.5) is 0 Å². The Hall–Kier alpha value is -1.36. The molecule has 1 aromatic heterocycles. The molecular weight excluding hydrogens is 240 g/mol. The zero-order valence-electron chi connectivity index (χ0n) is 11.5. The first-order valence-corrected chi connectivity index (χ1v) is 7.31. The number of imidazole rings is 1. The first kappa shape index (κ1) is 12.7. The van der Waals surface area contributed by atoms with Gasteiger partial charge in [0.25, 0.3) is 0 Å². The molecule has 19 heavy (non-hydrogen) atoms. The van der Waals surface area contributed by atoms with Crippen LogP contribution >= 0.6 is 0 Å². The van der Waals surface area contributed by atoms with E-state index in [1.165, 1.54) is 19.3 Å². The van der Waals surface area contributed by atoms with Gasteiger partial charge in [0.2, 0.25) is 5.91 Å². The predicted molar refractivity (Wildman–Crippen MR) is 72.5 cm³/mol. The Kier molecular flexibility index (Phi) is 3.55. The standard InChI is InChI=1S/C14H22N4O/c1-2-3-10-4-5-18(8-10)14(19)12-6-11-13(7-15-12)17-9-16-11/h9-10,12,15H,2-8H2,1H3,(H,16,17). The molecule has 2 aliphatic rings. The second-order valence-corrected chi connectivity index (χ2v) is 5.69. The monoisotopic (exact) mass is 262 g/mol. The third-order valence-corrected chi connectivity index (χ3v) is 4.32. The van der Waals surface area contributed by atoms with Crippen LogP contribution in [0.25, 0.3) is 0 Å². The Morgan fingerprint density at radius 3 is 3.32 bits per heavy atom. The van der Waals surface area contributed by atoms with Crippen molar-refractivity contribution in [2.45, 2.75) is 45.2 Å². The molecule has 1 amide bonds. The molecule has 5 nitrogen and oxygen atoms in total. The molecule has 1 aromatic rings. The number of aromatic amines is 1. The van der Waals surface area contributed by atoms with Gasteiger partial charge in [0.05, 0.1) is 23.8 Å². The van der Waals surface area contributed by atoms with E-state index in [0.717, 1.165) is 31.0 Å². The number of carbonyl (C=O) groups is 1. The highest BCUT2D eigenvalue weighted by atomic mass is 16.2. The van der Waals surface area contributed by atoms with Crippen molar-refractivity contribution in [2.75, 3.05) is 13.1 Å². The molecule has 1 saturated heterocycles. The molecule has 0 bridgehead atoms. The van der Waals surface area contributed by atoms with Gasteiger partial charge in [0.1, 0.15) is 0 Å². The molecule has 0 spiro atoms. The second-order valence-electron chi connectivity index (χ2n) is 5.69. The number of hydrogen-bond acceptors (Lipinski definition) is 3. The maximum absolute atomic E-state index is 12.5. The minimum Gasteiger partial charge on any atom is -0.347 e. The number of rotatable bonds is 3. The molecular formula is C14H22N4O. The summed E-state index contributed by atoms with van der Waals surface area (Å²) in [6.07, 6.45) is 6.05. The Morgan fingerprint density at radius 1 is 1.58 bits per heavy atom. The van der Waals surface area contributed by atoms with Crippen molar-refractivity contribution in [3.05, 3.63) is 17.7 Å². The third kappa shape index (κ3) is 2.52. The van der Waals surface area contributed by atoms with E-state index in [1.807, 2.05) is 4.90 Å². The number of nitrogens with zero attached hydrogens (tertiary/aromatic N) is 2. The Morgan fingerprint density at radius 2 is 2.47 bits per heavy atom. The van der Waals surface area contributed by atoms with Crippen LogP contribution in [0.5, 0.6) is 0 Å². The van der Waals surface area contributed by atoms with E-state index in [0.29, 0.717) is 12.3 Å². The van der Waals surface area contributed by atoms with Crippen molar-refractivity contribution in [2.24, 2.45) is 5.92 Å². The Bertz CT molecular complexity index is 456. The molecule has 0 radical (unpaired) electrons. The maximum atomic E-state index is 12.5. The van der Waals surface area contributed by atoms with Gasteiger partial charge in [-0.05, 0) is 18.8 Å². The van der Waals surface area contributed by atoms with Gasteiger partial charge >= 0.3 is 0 Å². The van der Waals surface area contributed by atoms with Crippen molar-refractivity contribution in [3.8, 4) is 0 Å². The van der Waals surface area contributed by atoms with E-state index >= 15 is 0 Å². The number of carbonyl (C=O) groups excluding carboxylic acids is 1. The van der Waals surface area contributed by atoms with E-state index in [2.05, 4.69) is 22.2 Å². The smallest absolute Gasteiger partial charge is 0.240 e. The van der Waals surface area contributed by atoms with Crippen molar-refractivity contribution in [3.63, 3.8) is 0 Å². The molecule has 1 fully saturated rings. The third-order valence-electron chi connectivity index (χ3n) is 4.32. The SMILES string of the molecule is CCCC1CCN(C(=O)C2Cc3nc[nH]c3CN2)C1. The first-order valence-electron chi connectivity index (χ1n) is 7.31. The molecule has 2 aliphatic heterocycles. The van der Waals surface area contributed by atoms with Crippen LogP contribution in [0.1, 0.15) is 37.6 Å². The molecule has 2 atom stereocenters. The molecule has 2 N–H and O–H groups in total. The fraction of sp³-hybridized carbons (Fsp3) is 0.714. The number of nitrogens with one attached hydrogen (secondary N) is 2. The lowest BCUT2D eigenvalue weighted by atomic mass is 10.0. The number of fused-ring (bicyclic) bond motifs is 1. The largest absolute Gasteiger partial charge is 0.347 e. The molecule has 104 valence electrons. The lowest BCUT2D eigenvalue weighted by Crippen LogP contribution is -2.48. The summed E-state index contributed by atoms with van der Waals surface area (Å²) in [5, 5.41) is 3.32. The summed E-state index contributed by atoms with van der Waals surface area (Å²) in [5.74, 6) is 0.964. The van der Waals surface area contributed by atoms with E-state index in [9.17, 15) is 4.79 Å². The van der Waals surface area contributed by atoms with Crippen molar-refractivity contribution in [1.82, 2.24) is 20.2 Å². The van der Waals surface area contributed by atoms with E-state index in [1.54, 1.807) is 6.33 Å². The van der Waals surface area contributed by atoms with Crippen LogP contribution < -0.4 is 5.32 Å². The fourth-order valence-corrected chi connectivity index (χ4v) is 3.24. The summed E-state index contributed by atoms with van der Waals surface area (Å²) >= 11 is 0. The van der Waals surface area contributed by atoms with Crippen molar-refractivity contribution in [1.29, 1.82) is 0 Å². The van der Waals surface area contributed by atoms with E-state index < -0.39 is 0 Å². The van der Waals surface area contributed by atoms with Crippen LogP contribution in [0.3, 0.4) is 0 Å². The highest BCUT2D eigenvalue weighted by Crippen LogP contribution is 2.22. The summed E-state index contributed by atoms with van der Waals surface area (Å²) < 4.78 is 0. The highest BCUT2D eigenvalue weighted by Gasteiger charge is 2.32. The van der Waals surface area contributed by atoms with Gasteiger partial charge in [0, 0.05) is 26.1 Å². The fourth-order valence-electron chi connectivity index (χ4n) is 3.24. The molecule has 2 unspecified atom stereocenters. The summed E-state index contributed by atoms with van der Waals surface area (Å²) in [4.78, 5) is 22.0. The average Bonchev–Trinajstić information content (AvgIpc) is 3.05. The van der Waals surface area contributed by atoms with Crippen LogP contribution in [0.2, 0.25) is 0 Å². The van der Waals surface area contributed by atoms with Gasteiger partial charge in [-0.3, -0.25) is 10.1 Å². The molecule has 0 saturated carbocycles. The van der Waals surface area contributed by atoms with Crippen molar-refractivity contribution >= 4 is 5.91 Å². The first-order chi connectivity index (χ1) is 9.28. The van der Waals surface area contributed by atoms with Gasteiger partial charge in [-0.15, -0.1) is 0 Å². The minimum atomic E-state index is -0.0869. The summed E-state index contributed by atoms with van der Waals surface area (Å²) in [5.41, 5.74) is 2.16. The zero-order valence-corrected chi connectivity index (χ0v) is 11.5. The second kappa shape index (κ2) is 5.33. The zero-order chi connectivity index (χ0) is 13.2. The Balaban J connectivity index is 1.60. The molecule has 0 aliphatic carbocycles. The molecule has 3 heterocycles. The minimum absolute atomic E-state index is 0.0869.